The minimum Gasteiger partial charge on any atom is -0.300 e. The summed E-state index contributed by atoms with van der Waals surface area (Å²) in [6.07, 6.45) is -18.6. The molecule has 13 heteroatoms. The molecule has 0 aromatic carbocycles. The van der Waals surface area contributed by atoms with Gasteiger partial charge in [0.15, 0.2) is 0 Å². The third kappa shape index (κ3) is 4.24. The summed E-state index contributed by atoms with van der Waals surface area (Å²) in [6.45, 7) is -4.53. The van der Waals surface area contributed by atoms with E-state index in [0.29, 0.717) is 0 Å². The number of alkyl halides is 9. The molecule has 3 nitrogen and oxygen atoms in total. The first-order valence-electron chi connectivity index (χ1n) is 3.93. The molecule has 0 spiro atoms. The second-order valence-electron chi connectivity index (χ2n) is 3.02. The molecule has 0 bridgehead atoms. The maximum Gasteiger partial charge on any atom is 0.441 e. The quantitative estimate of drug-likeness (QED) is 0.586. The van der Waals surface area contributed by atoms with Gasteiger partial charge in [-0.2, -0.15) is 39.5 Å². The normalized spacial score (nSPS) is 13.1. The standard InChI is InChI=1S/C6BF9O3/c8-4(9,10)1(17)7(2(18)5(11,12)13)3(19)6(14,15)16. The third-order valence-corrected chi connectivity index (χ3v) is 1.62. The number of carbonyl (C=O) groups excluding carboxylic acids is 3. The van der Waals surface area contributed by atoms with E-state index in [9.17, 15) is 53.9 Å². The highest BCUT2D eigenvalue weighted by atomic mass is 19.4. The van der Waals surface area contributed by atoms with Gasteiger partial charge in [0.1, 0.15) is 0 Å². The lowest BCUT2D eigenvalue weighted by Crippen LogP contribution is -2.58. The fourth-order valence-electron chi connectivity index (χ4n) is 0.848. The first-order chi connectivity index (χ1) is 8.10. The van der Waals surface area contributed by atoms with Crippen molar-refractivity contribution >= 4 is 23.8 Å². The Balaban J connectivity index is 5.74. The van der Waals surface area contributed by atoms with Crippen LogP contribution >= 0.6 is 0 Å². The van der Waals surface area contributed by atoms with Gasteiger partial charge >= 0.3 is 25.2 Å². The molecular weight excluding hydrogens is 302 g/mol. The van der Waals surface area contributed by atoms with E-state index in [0.717, 1.165) is 0 Å². The second-order valence-corrected chi connectivity index (χ2v) is 3.02. The number of hydrogen-bond donors (Lipinski definition) is 0. The van der Waals surface area contributed by atoms with Crippen LogP contribution in [0.25, 0.3) is 0 Å². The van der Waals surface area contributed by atoms with E-state index in [4.69, 9.17) is 0 Å². The Bertz CT molecular complexity index is 342. The summed E-state index contributed by atoms with van der Waals surface area (Å²) in [6, 6.07) is 0. The Morgan fingerprint density at radius 3 is 0.789 bits per heavy atom. The van der Waals surface area contributed by atoms with Crippen molar-refractivity contribution in [3.05, 3.63) is 0 Å². The maximum atomic E-state index is 11.8. The molecule has 0 saturated heterocycles. The van der Waals surface area contributed by atoms with Gasteiger partial charge < -0.3 is 0 Å². The third-order valence-electron chi connectivity index (χ3n) is 1.62. The zero-order valence-electron chi connectivity index (χ0n) is 8.20. The largest absolute Gasteiger partial charge is 0.441 e. The van der Waals surface area contributed by atoms with Gasteiger partial charge in [0.2, 0.25) is 17.0 Å². The summed E-state index contributed by atoms with van der Waals surface area (Å²) in [4.78, 5) is 31.1. The lowest BCUT2D eigenvalue weighted by Gasteiger charge is -2.15. The Morgan fingerprint density at radius 2 is 0.684 bits per heavy atom. The Morgan fingerprint density at radius 1 is 0.526 bits per heavy atom. The van der Waals surface area contributed by atoms with E-state index < -0.39 is 42.3 Å². The summed E-state index contributed by atoms with van der Waals surface area (Å²) in [7, 11) is 0. The number of halogens is 9. The van der Waals surface area contributed by atoms with E-state index in [2.05, 4.69) is 0 Å². The van der Waals surface area contributed by atoms with E-state index in [-0.39, 0.29) is 0 Å². The monoisotopic (exact) mass is 302 g/mol. The van der Waals surface area contributed by atoms with E-state index in [1.165, 1.54) is 0 Å². The average Bonchev–Trinajstić information content (AvgIpc) is 2.13. The Labute approximate surface area is 97.4 Å². The first kappa shape index (κ1) is 17.4. The summed E-state index contributed by atoms with van der Waals surface area (Å²) < 4.78 is 106. The molecule has 0 saturated carbocycles. The topological polar surface area (TPSA) is 51.2 Å². The molecule has 0 rings (SSSR count). The molecule has 0 aliphatic heterocycles. The van der Waals surface area contributed by atoms with Crippen LogP contribution in [0.15, 0.2) is 0 Å². The molecule has 0 atom stereocenters. The van der Waals surface area contributed by atoms with Crippen LogP contribution in [-0.2, 0) is 14.4 Å². The van der Waals surface area contributed by atoms with Crippen LogP contribution in [0.5, 0.6) is 0 Å². The van der Waals surface area contributed by atoms with Crippen molar-refractivity contribution in [1.29, 1.82) is 0 Å². The van der Waals surface area contributed by atoms with E-state index in [1.807, 2.05) is 0 Å². The molecule has 0 fully saturated rings. The molecule has 0 aliphatic rings. The van der Waals surface area contributed by atoms with Crippen LogP contribution in [0.4, 0.5) is 39.5 Å². The Hall–Kier alpha value is -1.56. The highest BCUT2D eigenvalue weighted by Crippen LogP contribution is 2.27. The number of carbonyl (C=O) groups is 3. The average molecular weight is 302 g/mol. The predicted octanol–water partition coefficient (Wildman–Crippen LogP) is 1.49. The Kier molecular flexibility index (Phi) is 4.45. The fourth-order valence-corrected chi connectivity index (χ4v) is 0.848. The van der Waals surface area contributed by atoms with Crippen molar-refractivity contribution in [3.8, 4) is 0 Å². The van der Waals surface area contributed by atoms with Crippen LogP contribution < -0.4 is 0 Å². The van der Waals surface area contributed by atoms with Gasteiger partial charge in [0.05, 0.1) is 0 Å². The van der Waals surface area contributed by atoms with Crippen molar-refractivity contribution in [3.63, 3.8) is 0 Å². The zero-order chi connectivity index (χ0) is 15.8. The zero-order valence-corrected chi connectivity index (χ0v) is 8.20. The molecule has 0 aromatic rings. The highest BCUT2D eigenvalue weighted by Gasteiger charge is 2.64. The van der Waals surface area contributed by atoms with Gasteiger partial charge in [-0.15, -0.1) is 0 Å². The van der Waals surface area contributed by atoms with Crippen LogP contribution in [0.3, 0.4) is 0 Å². The van der Waals surface area contributed by atoms with Gasteiger partial charge in [0.25, 0.3) is 0 Å². The van der Waals surface area contributed by atoms with Gasteiger partial charge in [0, 0.05) is 0 Å². The SMILES string of the molecule is O=C(B(C(=O)C(F)(F)F)C(=O)C(F)(F)F)C(F)(F)F. The van der Waals surface area contributed by atoms with Gasteiger partial charge in [-0.1, -0.05) is 0 Å². The highest BCUT2D eigenvalue weighted by molar-refractivity contribution is 7.29. The molecule has 0 aliphatic carbocycles. The van der Waals surface area contributed by atoms with E-state index in [1.54, 1.807) is 0 Å². The van der Waals surface area contributed by atoms with Crippen molar-refractivity contribution in [2.45, 2.75) is 18.5 Å². The van der Waals surface area contributed by atoms with Gasteiger partial charge in [-0.05, 0) is 0 Å². The lowest BCUT2D eigenvalue weighted by atomic mass is 9.39. The van der Waals surface area contributed by atoms with Crippen molar-refractivity contribution in [2.24, 2.45) is 0 Å². The molecule has 0 amide bonds. The van der Waals surface area contributed by atoms with Crippen molar-refractivity contribution < 1.29 is 53.9 Å². The minimum absolute atomic E-state index is 3.72. The molecule has 19 heavy (non-hydrogen) atoms. The smallest absolute Gasteiger partial charge is 0.300 e. The summed E-state index contributed by atoms with van der Waals surface area (Å²) in [5.41, 5.74) is -11.2. The molecule has 108 valence electrons. The van der Waals surface area contributed by atoms with Crippen molar-refractivity contribution in [2.75, 3.05) is 0 Å². The molecule has 0 N–H and O–H groups in total. The fraction of sp³-hybridized carbons (Fsp3) is 0.500. The second kappa shape index (κ2) is 4.85. The molecular formula is C6BF9O3. The van der Waals surface area contributed by atoms with Gasteiger partial charge in [-0.3, -0.25) is 14.4 Å². The summed E-state index contributed by atoms with van der Waals surface area (Å²) >= 11 is 0. The maximum absolute atomic E-state index is 11.8. The minimum atomic E-state index is -6.20. The number of rotatable bonds is 3. The predicted molar refractivity (Wildman–Crippen MR) is 38.9 cm³/mol. The molecule has 0 radical (unpaired) electrons. The lowest BCUT2D eigenvalue weighted by molar-refractivity contribution is -0.173. The van der Waals surface area contributed by atoms with Crippen LogP contribution in [0.1, 0.15) is 0 Å². The van der Waals surface area contributed by atoms with Crippen LogP contribution in [0.2, 0.25) is 0 Å². The van der Waals surface area contributed by atoms with Crippen LogP contribution in [0, 0.1) is 0 Å². The van der Waals surface area contributed by atoms with E-state index >= 15 is 0 Å². The summed E-state index contributed by atoms with van der Waals surface area (Å²) in [5.74, 6) is 0. The molecule has 0 heterocycles. The van der Waals surface area contributed by atoms with Crippen LogP contribution in [-0.4, -0.2) is 42.3 Å². The van der Waals surface area contributed by atoms with Crippen molar-refractivity contribution in [1.82, 2.24) is 0 Å². The molecule has 0 unspecified atom stereocenters. The van der Waals surface area contributed by atoms with Gasteiger partial charge in [-0.25, -0.2) is 0 Å². The number of hydrogen-bond acceptors (Lipinski definition) is 3. The molecule has 0 aromatic heterocycles. The first-order valence-corrected chi connectivity index (χ1v) is 3.93. The summed E-state index contributed by atoms with van der Waals surface area (Å²) in [5, 5.41) is 0.